The zero-order valence-electron chi connectivity index (χ0n) is 27.3. The summed E-state index contributed by atoms with van der Waals surface area (Å²) < 4.78 is 7.00. The fraction of sp³-hybridized carbons (Fsp3) is 0.545. The molecule has 2 aliphatic rings. The van der Waals surface area contributed by atoms with E-state index in [4.69, 9.17) is 9.84 Å². The van der Waals surface area contributed by atoms with Crippen LogP contribution in [-0.2, 0) is 16.0 Å². The van der Waals surface area contributed by atoms with E-state index in [0.29, 0.717) is 36.5 Å². The minimum atomic E-state index is -1.28. The second-order valence-corrected chi connectivity index (χ2v) is 13.2. The molecule has 7 N–H and O–H groups in total. The van der Waals surface area contributed by atoms with Gasteiger partial charge in [-0.15, -0.1) is 0 Å². The summed E-state index contributed by atoms with van der Waals surface area (Å²) >= 11 is 0. The van der Waals surface area contributed by atoms with Crippen molar-refractivity contribution in [3.63, 3.8) is 0 Å². The highest BCUT2D eigenvalue weighted by molar-refractivity contribution is 5.84. The van der Waals surface area contributed by atoms with Gasteiger partial charge < -0.3 is 45.7 Å². The van der Waals surface area contributed by atoms with Crippen LogP contribution in [0.15, 0.2) is 36.7 Å². The van der Waals surface area contributed by atoms with Crippen LogP contribution in [0.1, 0.15) is 51.0 Å². The molecule has 15 nitrogen and oxygen atoms in total. The van der Waals surface area contributed by atoms with Crippen LogP contribution >= 0.6 is 0 Å². The molecule has 0 bridgehead atoms. The van der Waals surface area contributed by atoms with Crippen LogP contribution in [0.25, 0.3) is 11.2 Å². The standard InChI is InChI=1S/C33H44N8O7/c1-33(2,3)48-32(47)36-21-11-13-40(16-21)12-7-10-25-38-30(35-22(17-42)14-20-8-5-4-6-9-20)27-31(39-25)41(19-34-27)24-15-23(28(45)29(24)46)37-26(44)18-43/h4-6,8-9,19,21-24,28-29,42-43,45-46H,11-18H2,1-3H3,(H,36,47)(H,37,44)(H,35,38,39)/t21?,22-,23-,24+,28+,29-/m0/s1. The number of aliphatic hydroxyl groups excluding tert-OH is 4. The summed E-state index contributed by atoms with van der Waals surface area (Å²) in [6.45, 7) is 6.28. The Labute approximate surface area is 278 Å². The number of aliphatic hydroxyl groups is 4. The summed E-state index contributed by atoms with van der Waals surface area (Å²) in [5, 5.41) is 49.8. The summed E-state index contributed by atoms with van der Waals surface area (Å²) in [5.41, 5.74) is 1.17. The van der Waals surface area contributed by atoms with Crippen LogP contribution in [0.3, 0.4) is 0 Å². The fourth-order valence-corrected chi connectivity index (χ4v) is 6.05. The van der Waals surface area contributed by atoms with Gasteiger partial charge in [0.15, 0.2) is 17.0 Å². The van der Waals surface area contributed by atoms with Gasteiger partial charge in [-0.3, -0.25) is 9.69 Å². The van der Waals surface area contributed by atoms with Crippen LogP contribution in [0.4, 0.5) is 10.6 Å². The highest BCUT2D eigenvalue weighted by Gasteiger charge is 2.44. The van der Waals surface area contributed by atoms with E-state index in [1.54, 1.807) is 4.57 Å². The van der Waals surface area contributed by atoms with Crippen LogP contribution in [0.2, 0.25) is 0 Å². The van der Waals surface area contributed by atoms with Crippen LogP contribution in [0.5, 0.6) is 0 Å². The summed E-state index contributed by atoms with van der Waals surface area (Å²) in [4.78, 5) is 40.0. The first-order chi connectivity index (χ1) is 22.9. The number of imidazole rings is 1. The first-order valence-corrected chi connectivity index (χ1v) is 16.1. The monoisotopic (exact) mass is 664 g/mol. The van der Waals surface area contributed by atoms with E-state index >= 15 is 0 Å². The maximum absolute atomic E-state index is 12.2. The van der Waals surface area contributed by atoms with Crippen molar-refractivity contribution in [2.75, 3.05) is 38.2 Å². The van der Waals surface area contributed by atoms with E-state index in [1.807, 2.05) is 51.1 Å². The molecular formula is C33H44N8O7. The number of carbonyl (C=O) groups is 2. The molecule has 1 unspecified atom stereocenters. The van der Waals surface area contributed by atoms with Crippen LogP contribution in [0, 0.1) is 11.8 Å². The fourth-order valence-electron chi connectivity index (χ4n) is 6.05. The lowest BCUT2D eigenvalue weighted by Crippen LogP contribution is -2.44. The third kappa shape index (κ3) is 8.77. The maximum Gasteiger partial charge on any atom is 0.407 e. The second kappa shape index (κ2) is 15.3. The summed E-state index contributed by atoms with van der Waals surface area (Å²) in [7, 11) is 0. The molecule has 1 aliphatic carbocycles. The van der Waals surface area contributed by atoms with Crippen molar-refractivity contribution >= 4 is 29.0 Å². The topological polar surface area (TPSA) is 207 Å². The highest BCUT2D eigenvalue weighted by atomic mass is 16.6. The van der Waals surface area contributed by atoms with Crippen molar-refractivity contribution in [1.29, 1.82) is 0 Å². The van der Waals surface area contributed by atoms with Gasteiger partial charge >= 0.3 is 6.09 Å². The molecule has 0 radical (unpaired) electrons. The molecule has 3 aromatic rings. The molecule has 15 heteroatoms. The van der Waals surface area contributed by atoms with E-state index in [9.17, 15) is 24.9 Å². The molecule has 6 atom stereocenters. The number of nitrogens with zero attached hydrogens (tertiary/aromatic N) is 5. The van der Waals surface area contributed by atoms with E-state index in [1.165, 1.54) is 6.33 Å². The van der Waals surface area contributed by atoms with Gasteiger partial charge in [-0.05, 0) is 51.5 Å². The third-order valence-corrected chi connectivity index (χ3v) is 8.30. The number of anilines is 1. The Kier molecular flexibility index (Phi) is 11.1. The molecule has 0 spiro atoms. The zero-order valence-corrected chi connectivity index (χ0v) is 27.3. The van der Waals surface area contributed by atoms with Crippen molar-refractivity contribution in [3.8, 4) is 11.8 Å². The second-order valence-electron chi connectivity index (χ2n) is 13.2. The number of ether oxygens (including phenoxy) is 1. The lowest BCUT2D eigenvalue weighted by molar-refractivity contribution is -0.125. The third-order valence-electron chi connectivity index (χ3n) is 8.30. The van der Waals surface area contributed by atoms with Gasteiger partial charge in [-0.2, -0.15) is 0 Å². The van der Waals surface area contributed by atoms with Crippen molar-refractivity contribution in [3.05, 3.63) is 48.0 Å². The van der Waals surface area contributed by atoms with Crippen LogP contribution < -0.4 is 16.0 Å². The average molecular weight is 665 g/mol. The van der Waals surface area contributed by atoms with Crippen molar-refractivity contribution < 1.29 is 34.8 Å². The van der Waals surface area contributed by atoms with Gasteiger partial charge in [0, 0.05) is 19.1 Å². The molecule has 2 aromatic heterocycles. The number of alkyl carbamates (subject to hydrolysis) is 1. The molecule has 1 aliphatic heterocycles. The number of nitrogens with one attached hydrogen (secondary N) is 3. The Hall–Kier alpha value is -4.33. The van der Waals surface area contributed by atoms with Gasteiger partial charge in [0.2, 0.25) is 11.7 Å². The van der Waals surface area contributed by atoms with Crippen molar-refractivity contribution in [2.45, 2.75) is 82.0 Å². The first-order valence-electron chi connectivity index (χ1n) is 16.1. The Balaban J connectivity index is 1.38. The van der Waals surface area contributed by atoms with Gasteiger partial charge in [-0.25, -0.2) is 19.7 Å². The summed E-state index contributed by atoms with van der Waals surface area (Å²) in [6, 6.07) is 7.75. The minimum Gasteiger partial charge on any atom is -0.444 e. The predicted octanol–water partition coefficient (Wildman–Crippen LogP) is -0.0640. The highest BCUT2D eigenvalue weighted by Crippen LogP contribution is 2.34. The number of rotatable bonds is 10. The number of amides is 2. The number of fused-ring (bicyclic) bond motifs is 1. The number of aromatic nitrogens is 4. The molecule has 258 valence electrons. The smallest absolute Gasteiger partial charge is 0.407 e. The zero-order chi connectivity index (χ0) is 34.4. The van der Waals surface area contributed by atoms with E-state index in [0.717, 1.165) is 18.5 Å². The minimum absolute atomic E-state index is 0.0568. The molecule has 3 heterocycles. The Bertz CT molecular complexity index is 1630. The van der Waals surface area contributed by atoms with E-state index in [2.05, 4.69) is 47.6 Å². The van der Waals surface area contributed by atoms with Gasteiger partial charge in [-0.1, -0.05) is 36.3 Å². The van der Waals surface area contributed by atoms with Crippen LogP contribution in [-0.4, -0.2) is 126 Å². The molecule has 1 saturated carbocycles. The lowest BCUT2D eigenvalue weighted by atomic mass is 10.1. The SMILES string of the molecule is CC(C)(C)OC(=O)NC1CCN(CC#Cc2nc(N[C@H](CO)Cc3ccccc3)c3ncn([C@@H]4C[C@H](NC(=O)CO)[C@@H](O)[C@H]4O)c3n2)C1. The van der Waals surface area contributed by atoms with Gasteiger partial charge in [0.05, 0.1) is 37.6 Å². The molecule has 48 heavy (non-hydrogen) atoms. The quantitative estimate of drug-likeness (QED) is 0.142. The lowest BCUT2D eigenvalue weighted by Gasteiger charge is -2.21. The first kappa shape index (κ1) is 35.0. The van der Waals surface area contributed by atoms with Gasteiger partial charge in [0.1, 0.15) is 24.4 Å². The maximum atomic E-state index is 12.2. The molecule has 1 aromatic carbocycles. The normalized spacial score (nSPS) is 23.4. The van der Waals surface area contributed by atoms with E-state index < -0.39 is 54.5 Å². The predicted molar refractivity (Wildman–Crippen MR) is 176 cm³/mol. The van der Waals surface area contributed by atoms with Crippen molar-refractivity contribution in [1.82, 2.24) is 35.1 Å². The van der Waals surface area contributed by atoms with Crippen molar-refractivity contribution in [2.24, 2.45) is 0 Å². The Morgan fingerprint density at radius 1 is 1.10 bits per heavy atom. The summed E-state index contributed by atoms with van der Waals surface area (Å²) in [6.07, 6.45) is -0.0596. The summed E-state index contributed by atoms with van der Waals surface area (Å²) in [5.74, 6) is 6.03. The van der Waals surface area contributed by atoms with E-state index in [-0.39, 0.29) is 24.9 Å². The number of carbonyl (C=O) groups excluding carboxylic acids is 2. The average Bonchev–Trinajstić information content (AvgIpc) is 3.74. The number of hydrogen-bond donors (Lipinski definition) is 7. The molecule has 1 saturated heterocycles. The van der Waals surface area contributed by atoms with Gasteiger partial charge in [0.25, 0.3) is 0 Å². The number of benzene rings is 1. The molecule has 2 amide bonds. The molecular weight excluding hydrogens is 620 g/mol. The number of likely N-dealkylation sites (tertiary alicyclic amines) is 1. The molecule has 2 fully saturated rings. The largest absolute Gasteiger partial charge is 0.444 e. The number of hydrogen-bond acceptors (Lipinski definition) is 12. The Morgan fingerprint density at radius 3 is 2.58 bits per heavy atom. The molecule has 5 rings (SSSR count). The Morgan fingerprint density at radius 2 is 1.88 bits per heavy atom.